The van der Waals surface area contributed by atoms with E-state index in [0.29, 0.717) is 24.4 Å². The summed E-state index contributed by atoms with van der Waals surface area (Å²) in [5, 5.41) is 5.93. The number of benzene rings is 2. The summed E-state index contributed by atoms with van der Waals surface area (Å²) in [6.07, 6.45) is 0.655. The molecule has 1 aliphatic rings. The van der Waals surface area contributed by atoms with E-state index in [4.69, 9.17) is 0 Å². The molecule has 25 heavy (non-hydrogen) atoms. The standard InChI is InChI=1S/C20H23FN2OS/c1-13(2)14-3-6-16(7-4-14)25-12-19(24)23-18-8-5-15-11-22-10-9-17(15)20(18)21/h3-8,13,22H,9-12H2,1-2H3,(H,23,24). The fraction of sp³-hybridized carbons (Fsp3) is 0.350. The lowest BCUT2D eigenvalue weighted by atomic mass is 9.99. The van der Waals surface area contributed by atoms with Crippen molar-refractivity contribution in [1.82, 2.24) is 5.32 Å². The molecule has 2 N–H and O–H groups in total. The topological polar surface area (TPSA) is 41.1 Å². The van der Waals surface area contributed by atoms with Gasteiger partial charge in [-0.25, -0.2) is 4.39 Å². The Bertz CT molecular complexity index is 759. The van der Waals surface area contributed by atoms with Gasteiger partial charge < -0.3 is 10.6 Å². The SMILES string of the molecule is CC(C)c1ccc(SCC(=O)Nc2ccc3c(c2F)CCNC3)cc1. The van der Waals surface area contributed by atoms with Crippen LogP contribution in [0.2, 0.25) is 0 Å². The number of carbonyl (C=O) groups is 1. The Balaban J connectivity index is 1.59. The highest BCUT2D eigenvalue weighted by atomic mass is 32.2. The summed E-state index contributed by atoms with van der Waals surface area (Å²) in [6, 6.07) is 11.8. The Kier molecular flexibility index (Phi) is 5.76. The molecule has 0 spiro atoms. The number of halogens is 1. The molecule has 0 saturated carbocycles. The normalized spacial score (nSPS) is 13.6. The second kappa shape index (κ2) is 8.02. The van der Waals surface area contributed by atoms with Crippen molar-refractivity contribution in [3.8, 4) is 0 Å². The Morgan fingerprint density at radius 3 is 2.72 bits per heavy atom. The fourth-order valence-electron chi connectivity index (χ4n) is 2.91. The molecule has 0 atom stereocenters. The second-order valence-electron chi connectivity index (χ2n) is 6.55. The minimum atomic E-state index is -0.293. The van der Waals surface area contributed by atoms with E-state index < -0.39 is 0 Å². The molecule has 5 heteroatoms. The van der Waals surface area contributed by atoms with Crippen molar-refractivity contribution in [2.24, 2.45) is 0 Å². The number of rotatable bonds is 5. The van der Waals surface area contributed by atoms with Crippen LogP contribution in [0.1, 0.15) is 36.5 Å². The van der Waals surface area contributed by atoms with Crippen LogP contribution in [0.4, 0.5) is 10.1 Å². The zero-order chi connectivity index (χ0) is 17.8. The molecule has 132 valence electrons. The zero-order valence-corrected chi connectivity index (χ0v) is 15.4. The third-order valence-corrected chi connectivity index (χ3v) is 5.41. The van der Waals surface area contributed by atoms with E-state index in [1.54, 1.807) is 6.07 Å². The molecule has 2 aromatic rings. The first-order valence-electron chi connectivity index (χ1n) is 8.58. The van der Waals surface area contributed by atoms with E-state index in [0.717, 1.165) is 17.0 Å². The number of hydrogen-bond donors (Lipinski definition) is 2. The first kappa shape index (κ1) is 18.0. The van der Waals surface area contributed by atoms with E-state index >= 15 is 0 Å². The Morgan fingerprint density at radius 2 is 2.00 bits per heavy atom. The summed E-state index contributed by atoms with van der Waals surface area (Å²) in [5.41, 5.74) is 3.25. The molecule has 0 saturated heterocycles. The molecule has 3 nitrogen and oxygen atoms in total. The van der Waals surface area contributed by atoms with Crippen molar-refractivity contribution in [3.05, 3.63) is 58.9 Å². The van der Waals surface area contributed by atoms with Crippen molar-refractivity contribution in [1.29, 1.82) is 0 Å². The van der Waals surface area contributed by atoms with E-state index in [1.165, 1.54) is 17.3 Å². The molecule has 0 aromatic heterocycles. The first-order chi connectivity index (χ1) is 12.0. The van der Waals surface area contributed by atoms with Gasteiger partial charge in [-0.1, -0.05) is 32.0 Å². The van der Waals surface area contributed by atoms with Gasteiger partial charge in [-0.05, 0) is 53.8 Å². The van der Waals surface area contributed by atoms with Crippen LogP contribution in [0.15, 0.2) is 41.3 Å². The van der Waals surface area contributed by atoms with Gasteiger partial charge in [-0.3, -0.25) is 4.79 Å². The van der Waals surface area contributed by atoms with Crippen LogP contribution in [-0.4, -0.2) is 18.2 Å². The summed E-state index contributed by atoms with van der Waals surface area (Å²) >= 11 is 1.46. The van der Waals surface area contributed by atoms with Crippen LogP contribution in [-0.2, 0) is 17.8 Å². The molecule has 2 aromatic carbocycles. The summed E-state index contributed by atoms with van der Waals surface area (Å²) in [4.78, 5) is 13.2. The summed E-state index contributed by atoms with van der Waals surface area (Å²) in [5.74, 6) is 0.271. The predicted octanol–water partition coefficient (Wildman–Crippen LogP) is 4.33. The van der Waals surface area contributed by atoms with E-state index in [1.807, 2.05) is 18.2 Å². The van der Waals surface area contributed by atoms with Crippen molar-refractivity contribution in [2.75, 3.05) is 17.6 Å². The second-order valence-corrected chi connectivity index (χ2v) is 7.60. The number of thioether (sulfide) groups is 1. The molecular weight excluding hydrogens is 335 g/mol. The van der Waals surface area contributed by atoms with Crippen LogP contribution in [0.3, 0.4) is 0 Å². The lowest BCUT2D eigenvalue weighted by Gasteiger charge is -2.19. The van der Waals surface area contributed by atoms with Gasteiger partial charge in [0.2, 0.25) is 5.91 Å². The average Bonchev–Trinajstić information content (AvgIpc) is 2.63. The van der Waals surface area contributed by atoms with Gasteiger partial charge in [-0.2, -0.15) is 0 Å². The van der Waals surface area contributed by atoms with Crippen molar-refractivity contribution >= 4 is 23.4 Å². The molecule has 0 fully saturated rings. The van der Waals surface area contributed by atoms with E-state index in [2.05, 4.69) is 36.6 Å². The summed E-state index contributed by atoms with van der Waals surface area (Å²) in [6.45, 7) is 5.75. The van der Waals surface area contributed by atoms with Crippen LogP contribution in [0, 0.1) is 5.82 Å². The first-order valence-corrected chi connectivity index (χ1v) is 9.56. The number of anilines is 1. The number of amides is 1. The Morgan fingerprint density at radius 1 is 1.24 bits per heavy atom. The monoisotopic (exact) mass is 358 g/mol. The van der Waals surface area contributed by atoms with Crippen molar-refractivity contribution < 1.29 is 9.18 Å². The molecule has 1 amide bonds. The maximum atomic E-state index is 14.5. The summed E-state index contributed by atoms with van der Waals surface area (Å²) in [7, 11) is 0. The van der Waals surface area contributed by atoms with Crippen LogP contribution in [0.5, 0.6) is 0 Å². The third kappa shape index (κ3) is 4.41. The molecule has 3 rings (SSSR count). The molecular formula is C20H23FN2OS. The molecule has 0 radical (unpaired) electrons. The molecule has 0 unspecified atom stereocenters. The highest BCUT2D eigenvalue weighted by Gasteiger charge is 2.17. The maximum absolute atomic E-state index is 14.5. The fourth-order valence-corrected chi connectivity index (χ4v) is 3.61. The number of hydrogen-bond acceptors (Lipinski definition) is 3. The number of carbonyl (C=O) groups excluding carboxylic acids is 1. The van der Waals surface area contributed by atoms with Gasteiger partial charge in [0.25, 0.3) is 0 Å². The minimum Gasteiger partial charge on any atom is -0.323 e. The van der Waals surface area contributed by atoms with Gasteiger partial charge in [0.05, 0.1) is 11.4 Å². The highest BCUT2D eigenvalue weighted by Crippen LogP contribution is 2.25. The number of fused-ring (bicyclic) bond motifs is 1. The lowest BCUT2D eigenvalue weighted by Crippen LogP contribution is -2.25. The quantitative estimate of drug-likeness (QED) is 0.782. The van der Waals surface area contributed by atoms with Crippen LogP contribution in [0.25, 0.3) is 0 Å². The minimum absolute atomic E-state index is 0.189. The van der Waals surface area contributed by atoms with Gasteiger partial charge in [0.15, 0.2) is 0 Å². The van der Waals surface area contributed by atoms with Gasteiger partial charge in [0, 0.05) is 11.4 Å². The van der Waals surface area contributed by atoms with Gasteiger partial charge in [0.1, 0.15) is 5.82 Å². The van der Waals surface area contributed by atoms with Crippen LogP contribution >= 0.6 is 11.8 Å². The highest BCUT2D eigenvalue weighted by molar-refractivity contribution is 8.00. The van der Waals surface area contributed by atoms with E-state index in [9.17, 15) is 9.18 Å². The summed E-state index contributed by atoms with van der Waals surface area (Å²) < 4.78 is 14.5. The van der Waals surface area contributed by atoms with E-state index in [-0.39, 0.29) is 23.2 Å². The molecule has 0 bridgehead atoms. The smallest absolute Gasteiger partial charge is 0.234 e. The predicted molar refractivity (Wildman–Crippen MR) is 102 cm³/mol. The van der Waals surface area contributed by atoms with Gasteiger partial charge >= 0.3 is 0 Å². The lowest BCUT2D eigenvalue weighted by molar-refractivity contribution is -0.113. The number of nitrogens with one attached hydrogen (secondary N) is 2. The third-order valence-electron chi connectivity index (χ3n) is 4.40. The average molecular weight is 358 g/mol. The van der Waals surface area contributed by atoms with Crippen molar-refractivity contribution in [3.63, 3.8) is 0 Å². The van der Waals surface area contributed by atoms with Crippen molar-refractivity contribution in [2.45, 2.75) is 37.6 Å². The maximum Gasteiger partial charge on any atom is 0.234 e. The Hall–Kier alpha value is -1.85. The molecule has 0 aliphatic carbocycles. The zero-order valence-electron chi connectivity index (χ0n) is 14.6. The van der Waals surface area contributed by atoms with Crippen LogP contribution < -0.4 is 10.6 Å². The Labute approximate surface area is 152 Å². The molecule has 1 aliphatic heterocycles. The van der Waals surface area contributed by atoms with Gasteiger partial charge in [-0.15, -0.1) is 11.8 Å². The molecule has 1 heterocycles. The largest absolute Gasteiger partial charge is 0.323 e.